The summed E-state index contributed by atoms with van der Waals surface area (Å²) in [6, 6.07) is 2.46. The van der Waals surface area contributed by atoms with Gasteiger partial charge in [-0.2, -0.15) is 0 Å². The molecule has 2 N–H and O–H groups in total. The SMILES string of the molecule is CC(C(=O)O)N(C)C(=O)CCNS(=O)(=O)c1ccc(OC(F)(F)F)cc1. The molecule has 0 heterocycles. The van der Waals surface area contributed by atoms with Crippen molar-refractivity contribution in [1.29, 1.82) is 0 Å². The maximum Gasteiger partial charge on any atom is 0.573 e. The van der Waals surface area contributed by atoms with Crippen molar-refractivity contribution in [1.82, 2.24) is 9.62 Å². The molecule has 8 nitrogen and oxygen atoms in total. The molecule has 1 amide bonds. The number of aliphatic carboxylic acids is 1. The van der Waals surface area contributed by atoms with Crippen molar-refractivity contribution in [2.24, 2.45) is 0 Å². The molecule has 1 rings (SSSR count). The second-order valence-corrected chi connectivity index (χ2v) is 6.95. The summed E-state index contributed by atoms with van der Waals surface area (Å²) in [5.74, 6) is -2.37. The Morgan fingerprint density at radius 1 is 1.27 bits per heavy atom. The predicted molar refractivity (Wildman–Crippen MR) is 82.8 cm³/mol. The Labute approximate surface area is 147 Å². The predicted octanol–water partition coefficient (Wildman–Crippen LogP) is 1.19. The number of alkyl halides is 3. The Morgan fingerprint density at radius 3 is 2.27 bits per heavy atom. The van der Waals surface area contributed by atoms with E-state index in [0.717, 1.165) is 29.2 Å². The van der Waals surface area contributed by atoms with Crippen LogP contribution in [0.2, 0.25) is 0 Å². The van der Waals surface area contributed by atoms with Gasteiger partial charge < -0.3 is 14.7 Å². The Kier molecular flexibility index (Phi) is 6.98. The van der Waals surface area contributed by atoms with Gasteiger partial charge >= 0.3 is 12.3 Å². The van der Waals surface area contributed by atoms with Gasteiger partial charge in [-0.25, -0.2) is 17.9 Å². The number of amides is 1. The molecule has 0 bridgehead atoms. The summed E-state index contributed by atoms with van der Waals surface area (Å²) < 4.78 is 66.0. The van der Waals surface area contributed by atoms with Crippen molar-refractivity contribution in [3.63, 3.8) is 0 Å². The molecule has 146 valence electrons. The highest BCUT2D eigenvalue weighted by molar-refractivity contribution is 7.89. The summed E-state index contributed by atoms with van der Waals surface area (Å²) in [5.41, 5.74) is 0. The van der Waals surface area contributed by atoms with E-state index in [4.69, 9.17) is 5.11 Å². The summed E-state index contributed by atoms with van der Waals surface area (Å²) in [5, 5.41) is 8.81. The Balaban J connectivity index is 2.64. The van der Waals surface area contributed by atoms with Crippen LogP contribution in [0, 0.1) is 0 Å². The number of carboxylic acid groups (broad SMARTS) is 1. The highest BCUT2D eigenvalue weighted by Gasteiger charge is 2.31. The van der Waals surface area contributed by atoms with Gasteiger partial charge in [-0.05, 0) is 31.2 Å². The minimum Gasteiger partial charge on any atom is -0.480 e. The van der Waals surface area contributed by atoms with Crippen LogP contribution in [-0.2, 0) is 19.6 Å². The van der Waals surface area contributed by atoms with Gasteiger partial charge in [0.1, 0.15) is 11.8 Å². The number of benzene rings is 1. The second-order valence-electron chi connectivity index (χ2n) is 5.19. The molecule has 0 fully saturated rings. The number of rotatable bonds is 8. The third-order valence-electron chi connectivity index (χ3n) is 3.33. The minimum atomic E-state index is -4.89. The molecule has 1 aromatic rings. The van der Waals surface area contributed by atoms with E-state index in [1.54, 1.807) is 0 Å². The van der Waals surface area contributed by atoms with Crippen molar-refractivity contribution in [2.75, 3.05) is 13.6 Å². The quantitative estimate of drug-likeness (QED) is 0.680. The van der Waals surface area contributed by atoms with Gasteiger partial charge in [0.05, 0.1) is 4.90 Å². The average Bonchev–Trinajstić information content (AvgIpc) is 2.52. The number of carbonyl (C=O) groups excluding carboxylic acids is 1. The van der Waals surface area contributed by atoms with E-state index in [2.05, 4.69) is 9.46 Å². The first-order valence-corrected chi connectivity index (χ1v) is 8.66. The molecule has 1 atom stereocenters. The maximum atomic E-state index is 12.1. The summed E-state index contributed by atoms with van der Waals surface area (Å²) in [7, 11) is -2.78. The molecular weight excluding hydrogens is 381 g/mol. The zero-order valence-corrected chi connectivity index (χ0v) is 14.6. The molecule has 0 saturated heterocycles. The fourth-order valence-electron chi connectivity index (χ4n) is 1.75. The fourth-order valence-corrected chi connectivity index (χ4v) is 2.79. The first-order valence-electron chi connectivity index (χ1n) is 7.17. The van der Waals surface area contributed by atoms with Gasteiger partial charge in [0.25, 0.3) is 0 Å². The molecule has 1 aromatic carbocycles. The Morgan fingerprint density at radius 2 is 1.81 bits per heavy atom. The number of halogens is 3. The lowest BCUT2D eigenvalue weighted by Crippen LogP contribution is -2.41. The summed E-state index contributed by atoms with van der Waals surface area (Å²) in [6.07, 6.45) is -5.18. The fraction of sp³-hybridized carbons (Fsp3) is 0.429. The second kappa shape index (κ2) is 8.36. The van der Waals surface area contributed by atoms with Crippen LogP contribution in [-0.4, -0.2) is 56.3 Å². The topological polar surface area (TPSA) is 113 Å². The molecule has 12 heteroatoms. The monoisotopic (exact) mass is 398 g/mol. The lowest BCUT2D eigenvalue weighted by molar-refractivity contribution is -0.274. The van der Waals surface area contributed by atoms with Crippen LogP contribution in [0.1, 0.15) is 13.3 Å². The number of carboxylic acids is 1. The zero-order chi connectivity index (χ0) is 20.1. The Bertz CT molecular complexity index is 749. The van der Waals surface area contributed by atoms with Crippen LogP contribution in [0.4, 0.5) is 13.2 Å². The van der Waals surface area contributed by atoms with Gasteiger partial charge in [-0.15, -0.1) is 13.2 Å². The van der Waals surface area contributed by atoms with Crippen molar-refractivity contribution >= 4 is 21.9 Å². The van der Waals surface area contributed by atoms with Gasteiger partial charge in [-0.1, -0.05) is 0 Å². The smallest absolute Gasteiger partial charge is 0.480 e. The Hall–Kier alpha value is -2.34. The standard InChI is InChI=1S/C14H17F3N2O6S/c1-9(13(21)22)19(2)12(20)7-8-18-26(23,24)11-5-3-10(4-6-11)25-14(15,16)17/h3-6,9,18H,7-8H2,1-2H3,(H,21,22). The first-order chi connectivity index (χ1) is 11.8. The highest BCUT2D eigenvalue weighted by atomic mass is 32.2. The number of nitrogens with zero attached hydrogens (tertiary/aromatic N) is 1. The molecule has 0 aliphatic rings. The average molecular weight is 398 g/mol. The van der Waals surface area contributed by atoms with Crippen LogP contribution in [0.25, 0.3) is 0 Å². The largest absolute Gasteiger partial charge is 0.573 e. The third kappa shape index (κ3) is 6.52. The number of ether oxygens (including phenoxy) is 1. The molecular formula is C14H17F3N2O6S. The van der Waals surface area contributed by atoms with Crippen LogP contribution < -0.4 is 9.46 Å². The zero-order valence-electron chi connectivity index (χ0n) is 13.8. The van der Waals surface area contributed by atoms with Crippen molar-refractivity contribution in [3.8, 4) is 5.75 Å². The molecule has 0 aromatic heterocycles. The van der Waals surface area contributed by atoms with E-state index in [0.29, 0.717) is 0 Å². The van der Waals surface area contributed by atoms with Crippen LogP contribution in [0.3, 0.4) is 0 Å². The van der Waals surface area contributed by atoms with Crippen LogP contribution in [0.5, 0.6) is 5.75 Å². The number of carbonyl (C=O) groups is 2. The van der Waals surface area contributed by atoms with Gasteiger partial charge in [0.2, 0.25) is 15.9 Å². The molecule has 26 heavy (non-hydrogen) atoms. The van der Waals surface area contributed by atoms with E-state index >= 15 is 0 Å². The number of hydrogen-bond donors (Lipinski definition) is 2. The van der Waals surface area contributed by atoms with Crippen LogP contribution in [0.15, 0.2) is 29.2 Å². The van der Waals surface area contributed by atoms with Crippen LogP contribution >= 0.6 is 0 Å². The van der Waals surface area contributed by atoms with Gasteiger partial charge in [0.15, 0.2) is 0 Å². The van der Waals surface area contributed by atoms with E-state index in [-0.39, 0.29) is 17.9 Å². The first kappa shape index (κ1) is 21.7. The van der Waals surface area contributed by atoms with Crippen molar-refractivity contribution in [3.05, 3.63) is 24.3 Å². The van der Waals surface area contributed by atoms with Gasteiger partial charge in [-0.3, -0.25) is 4.79 Å². The number of nitrogens with one attached hydrogen (secondary N) is 1. The van der Waals surface area contributed by atoms with E-state index in [9.17, 15) is 31.2 Å². The van der Waals surface area contributed by atoms with Crippen molar-refractivity contribution in [2.45, 2.75) is 30.6 Å². The number of likely N-dealkylation sites (N-methyl/N-ethyl adjacent to an activating group) is 1. The highest BCUT2D eigenvalue weighted by Crippen LogP contribution is 2.23. The van der Waals surface area contributed by atoms with Gasteiger partial charge in [0, 0.05) is 20.0 Å². The minimum absolute atomic E-state index is 0.289. The summed E-state index contributed by atoms with van der Waals surface area (Å²) in [6.45, 7) is 0.994. The number of hydrogen-bond acceptors (Lipinski definition) is 5. The summed E-state index contributed by atoms with van der Waals surface area (Å²) in [4.78, 5) is 23.2. The summed E-state index contributed by atoms with van der Waals surface area (Å²) >= 11 is 0. The molecule has 0 saturated carbocycles. The lowest BCUT2D eigenvalue weighted by atomic mass is 10.2. The third-order valence-corrected chi connectivity index (χ3v) is 4.81. The van der Waals surface area contributed by atoms with E-state index in [1.165, 1.54) is 14.0 Å². The molecule has 0 aliphatic heterocycles. The van der Waals surface area contributed by atoms with E-state index in [1.807, 2.05) is 0 Å². The number of sulfonamides is 1. The molecule has 1 unspecified atom stereocenters. The van der Waals surface area contributed by atoms with Crippen molar-refractivity contribution < 1.29 is 41.0 Å². The molecule has 0 aliphatic carbocycles. The lowest BCUT2D eigenvalue weighted by Gasteiger charge is -2.21. The maximum absolute atomic E-state index is 12.1. The molecule has 0 radical (unpaired) electrons. The molecule has 0 spiro atoms. The normalized spacial score (nSPS) is 13.1. The van der Waals surface area contributed by atoms with E-state index < -0.39 is 40.1 Å².